The average molecular weight is 322 g/mol. The van der Waals surface area contributed by atoms with Gasteiger partial charge < -0.3 is 9.30 Å². The zero-order valence-electron chi connectivity index (χ0n) is 13.3. The highest BCUT2D eigenvalue weighted by Gasteiger charge is 2.32. The second-order valence-electron chi connectivity index (χ2n) is 5.46. The molecule has 3 aromatic carbocycles. The van der Waals surface area contributed by atoms with E-state index in [2.05, 4.69) is 0 Å². The molecule has 0 spiro atoms. The maximum atomic E-state index is 14.3. The van der Waals surface area contributed by atoms with Crippen LogP contribution in [-0.2, 0) is 4.57 Å². The first kappa shape index (κ1) is 15.6. The van der Waals surface area contributed by atoms with E-state index in [0.717, 1.165) is 21.5 Å². The quantitative estimate of drug-likeness (QED) is 0.686. The van der Waals surface area contributed by atoms with Crippen molar-refractivity contribution in [1.29, 1.82) is 0 Å². The normalized spacial score (nSPS) is 13.3. The topological polar surface area (TPSA) is 26.3 Å². The average Bonchev–Trinajstić information content (AvgIpc) is 2.61. The number of rotatable bonds is 4. The van der Waals surface area contributed by atoms with Gasteiger partial charge in [-0.3, -0.25) is 0 Å². The Labute approximate surface area is 137 Å². The van der Waals surface area contributed by atoms with E-state index < -0.39 is 7.14 Å². The Morgan fingerprint density at radius 2 is 1.43 bits per heavy atom. The molecule has 0 unspecified atom stereocenters. The van der Waals surface area contributed by atoms with E-state index >= 15 is 0 Å². The molecule has 0 amide bonds. The van der Waals surface area contributed by atoms with Gasteiger partial charge in [-0.25, -0.2) is 0 Å². The molecular weight excluding hydrogens is 303 g/mol. The Bertz CT molecular complexity index is 856. The molecular formula is C20H19O2P. The van der Waals surface area contributed by atoms with Crippen LogP contribution in [0, 0.1) is 6.92 Å². The lowest BCUT2D eigenvalue weighted by atomic mass is 10.2. The monoisotopic (exact) mass is 322 g/mol. The predicted molar refractivity (Wildman–Crippen MR) is 97.1 cm³/mol. The summed E-state index contributed by atoms with van der Waals surface area (Å²) in [6, 6.07) is 25.1. The number of benzene rings is 3. The molecule has 3 heteroatoms. The molecule has 0 aliphatic heterocycles. The van der Waals surface area contributed by atoms with Crippen molar-refractivity contribution in [3.63, 3.8) is 0 Å². The zero-order valence-corrected chi connectivity index (χ0v) is 14.2. The Morgan fingerprint density at radius 3 is 2.13 bits per heavy atom. The third-order valence-electron chi connectivity index (χ3n) is 3.91. The standard InChI is InChI=1S/C20H19O2P/c1-16-9-8-12-18(15-16)23(21,17-10-4-3-5-11-17)20-14-7-6-13-19(20)22-2/h3-15H,1-2H3/t23-/m1/s1. The number of hydrogen-bond acceptors (Lipinski definition) is 2. The van der Waals surface area contributed by atoms with Crippen molar-refractivity contribution < 1.29 is 9.30 Å². The van der Waals surface area contributed by atoms with Crippen molar-refractivity contribution in [1.82, 2.24) is 0 Å². The minimum absolute atomic E-state index is 0.654. The van der Waals surface area contributed by atoms with Crippen molar-refractivity contribution in [2.24, 2.45) is 0 Å². The van der Waals surface area contributed by atoms with Crippen LogP contribution in [0.1, 0.15) is 5.56 Å². The fourth-order valence-electron chi connectivity index (χ4n) is 2.78. The Hall–Kier alpha value is -2.31. The van der Waals surface area contributed by atoms with Gasteiger partial charge in [-0.05, 0) is 25.1 Å². The molecule has 0 saturated heterocycles. The van der Waals surface area contributed by atoms with Gasteiger partial charge in [0.25, 0.3) is 0 Å². The summed E-state index contributed by atoms with van der Waals surface area (Å²) in [5.41, 5.74) is 1.09. The van der Waals surface area contributed by atoms with E-state index in [-0.39, 0.29) is 0 Å². The van der Waals surface area contributed by atoms with Gasteiger partial charge in [0.05, 0.1) is 12.4 Å². The molecule has 0 saturated carbocycles. The van der Waals surface area contributed by atoms with Gasteiger partial charge in [-0.1, -0.05) is 66.2 Å². The molecule has 3 rings (SSSR count). The second-order valence-corrected chi connectivity index (χ2v) is 8.19. The van der Waals surface area contributed by atoms with Crippen molar-refractivity contribution in [3.05, 3.63) is 84.4 Å². The van der Waals surface area contributed by atoms with Crippen LogP contribution in [-0.4, -0.2) is 7.11 Å². The van der Waals surface area contributed by atoms with Crippen LogP contribution in [0.15, 0.2) is 78.9 Å². The Morgan fingerprint density at radius 1 is 0.783 bits per heavy atom. The molecule has 0 aromatic heterocycles. The van der Waals surface area contributed by atoms with E-state index in [0.29, 0.717) is 5.75 Å². The maximum absolute atomic E-state index is 14.3. The van der Waals surface area contributed by atoms with Gasteiger partial charge in [0.1, 0.15) is 5.75 Å². The van der Waals surface area contributed by atoms with Crippen LogP contribution in [0.4, 0.5) is 0 Å². The summed E-state index contributed by atoms with van der Waals surface area (Å²) >= 11 is 0. The summed E-state index contributed by atoms with van der Waals surface area (Å²) in [7, 11) is -1.37. The third-order valence-corrected chi connectivity index (χ3v) is 6.99. The van der Waals surface area contributed by atoms with Gasteiger partial charge >= 0.3 is 0 Å². The zero-order chi connectivity index (χ0) is 16.3. The summed E-state index contributed by atoms with van der Waals surface area (Å²) in [4.78, 5) is 0. The lowest BCUT2D eigenvalue weighted by molar-refractivity contribution is 0.418. The number of methoxy groups -OCH3 is 1. The van der Waals surface area contributed by atoms with Crippen LogP contribution >= 0.6 is 7.14 Å². The SMILES string of the molecule is COc1ccccc1[P@@](=O)(c1ccccc1)c1cccc(C)c1. The molecule has 0 aliphatic rings. The first-order chi connectivity index (χ1) is 11.2. The van der Waals surface area contributed by atoms with E-state index in [9.17, 15) is 4.57 Å². The molecule has 2 nitrogen and oxygen atoms in total. The minimum Gasteiger partial charge on any atom is -0.496 e. The first-order valence-electron chi connectivity index (χ1n) is 7.53. The Kier molecular flexibility index (Phi) is 4.36. The summed E-state index contributed by atoms with van der Waals surface area (Å²) < 4.78 is 19.8. The largest absolute Gasteiger partial charge is 0.496 e. The van der Waals surface area contributed by atoms with Crippen molar-refractivity contribution in [2.75, 3.05) is 7.11 Å². The van der Waals surface area contributed by atoms with E-state index in [1.165, 1.54) is 0 Å². The van der Waals surface area contributed by atoms with Crippen LogP contribution in [0.2, 0.25) is 0 Å². The number of hydrogen-bond donors (Lipinski definition) is 0. The van der Waals surface area contributed by atoms with Gasteiger partial charge in [-0.2, -0.15) is 0 Å². The molecule has 0 heterocycles. The summed E-state index contributed by atoms with van der Waals surface area (Å²) in [6.45, 7) is 2.01. The van der Waals surface area contributed by atoms with Gasteiger partial charge in [0.15, 0.2) is 7.14 Å². The molecule has 0 radical (unpaired) electrons. The highest BCUT2D eigenvalue weighted by atomic mass is 31.2. The van der Waals surface area contributed by atoms with Crippen LogP contribution in [0.3, 0.4) is 0 Å². The van der Waals surface area contributed by atoms with Crippen molar-refractivity contribution in [3.8, 4) is 5.75 Å². The smallest absolute Gasteiger partial charge is 0.174 e. The lowest BCUT2D eigenvalue weighted by Crippen LogP contribution is -2.26. The number of ether oxygens (including phenoxy) is 1. The van der Waals surface area contributed by atoms with Crippen molar-refractivity contribution >= 4 is 23.1 Å². The predicted octanol–water partition coefficient (Wildman–Crippen LogP) is 3.64. The fourth-order valence-corrected chi connectivity index (χ4v) is 5.68. The molecule has 1 atom stereocenters. The second kappa shape index (κ2) is 6.44. The number of aryl methyl sites for hydroxylation is 1. The number of para-hydroxylation sites is 1. The van der Waals surface area contributed by atoms with Crippen molar-refractivity contribution in [2.45, 2.75) is 6.92 Å². The summed E-state index contributed by atoms with van der Waals surface area (Å²) in [5.74, 6) is 0.654. The molecule has 23 heavy (non-hydrogen) atoms. The molecule has 0 N–H and O–H groups in total. The van der Waals surface area contributed by atoms with Gasteiger partial charge in [0.2, 0.25) is 0 Å². The van der Waals surface area contributed by atoms with E-state index in [1.807, 2.05) is 85.8 Å². The molecule has 0 bridgehead atoms. The molecule has 116 valence electrons. The van der Waals surface area contributed by atoms with Crippen LogP contribution in [0.5, 0.6) is 5.75 Å². The Balaban J connectivity index is 2.33. The highest BCUT2D eigenvalue weighted by Crippen LogP contribution is 2.45. The van der Waals surface area contributed by atoms with E-state index in [1.54, 1.807) is 7.11 Å². The first-order valence-corrected chi connectivity index (χ1v) is 9.23. The molecule has 0 fully saturated rings. The van der Waals surface area contributed by atoms with E-state index in [4.69, 9.17) is 4.74 Å². The molecule has 3 aromatic rings. The fraction of sp³-hybridized carbons (Fsp3) is 0.100. The summed E-state index contributed by atoms with van der Waals surface area (Å²) in [5, 5.41) is 2.38. The highest BCUT2D eigenvalue weighted by molar-refractivity contribution is 7.85. The minimum atomic E-state index is -2.98. The van der Waals surface area contributed by atoms with Gasteiger partial charge in [0, 0.05) is 10.6 Å². The van der Waals surface area contributed by atoms with Crippen LogP contribution in [0.25, 0.3) is 0 Å². The lowest BCUT2D eigenvalue weighted by Gasteiger charge is -2.22. The van der Waals surface area contributed by atoms with Gasteiger partial charge in [-0.15, -0.1) is 0 Å². The van der Waals surface area contributed by atoms with Crippen LogP contribution < -0.4 is 20.7 Å². The summed E-state index contributed by atoms with van der Waals surface area (Å²) in [6.07, 6.45) is 0. The maximum Gasteiger partial charge on any atom is 0.174 e. The third kappa shape index (κ3) is 2.83. The molecule has 0 aliphatic carbocycles.